The first-order valence-electron chi connectivity index (χ1n) is 5.01. The van der Waals surface area contributed by atoms with E-state index in [1.165, 1.54) is 13.2 Å². The van der Waals surface area contributed by atoms with Crippen LogP contribution < -0.4 is 10.1 Å². The van der Waals surface area contributed by atoms with Crippen molar-refractivity contribution in [3.8, 4) is 11.5 Å². The summed E-state index contributed by atoms with van der Waals surface area (Å²) in [6.07, 6.45) is 0.192. The van der Waals surface area contributed by atoms with Gasteiger partial charge in [-0.2, -0.15) is 0 Å². The molecule has 1 aromatic rings. The van der Waals surface area contributed by atoms with E-state index in [-0.39, 0.29) is 24.2 Å². The zero-order valence-corrected chi connectivity index (χ0v) is 10.1. The van der Waals surface area contributed by atoms with Gasteiger partial charge in [0.05, 0.1) is 19.8 Å². The van der Waals surface area contributed by atoms with E-state index in [1.807, 2.05) is 0 Å². The molecular weight excluding hydrogens is 246 g/mol. The highest BCUT2D eigenvalue weighted by atomic mass is 35.5. The number of aromatic hydroxyl groups is 1. The van der Waals surface area contributed by atoms with Crippen LogP contribution in [0.1, 0.15) is 18.0 Å². The summed E-state index contributed by atoms with van der Waals surface area (Å²) < 4.78 is 9.74. The van der Waals surface area contributed by atoms with Crippen molar-refractivity contribution < 1.29 is 19.4 Å². The smallest absolute Gasteiger partial charge is 0.407 e. The second kappa shape index (κ2) is 5.63. The van der Waals surface area contributed by atoms with Gasteiger partial charge >= 0.3 is 6.09 Å². The SMILES string of the molecule is COc1ccc([C@@H]2CCOC(=O)N2)c(O)c1.Cl. The van der Waals surface area contributed by atoms with Gasteiger partial charge < -0.3 is 19.9 Å². The molecule has 1 fully saturated rings. The zero-order chi connectivity index (χ0) is 11.5. The summed E-state index contributed by atoms with van der Waals surface area (Å²) in [7, 11) is 1.53. The molecule has 1 aliphatic rings. The van der Waals surface area contributed by atoms with Crippen molar-refractivity contribution in [2.24, 2.45) is 0 Å². The van der Waals surface area contributed by atoms with Crippen molar-refractivity contribution in [3.05, 3.63) is 23.8 Å². The number of amides is 1. The normalized spacial score (nSPS) is 18.6. The molecule has 6 heteroatoms. The third kappa shape index (κ3) is 2.94. The number of halogens is 1. The standard InChI is InChI=1S/C11H13NO4.ClH/c1-15-7-2-3-8(10(13)6-7)9-4-5-16-11(14)12-9;/h2-3,6,9,13H,4-5H2,1H3,(H,12,14);1H/t9-;/m0./s1. The predicted octanol–water partition coefficient (Wildman–Crippen LogP) is 1.99. The van der Waals surface area contributed by atoms with Crippen molar-refractivity contribution in [2.45, 2.75) is 12.5 Å². The molecule has 2 rings (SSSR count). The lowest BCUT2D eigenvalue weighted by molar-refractivity contribution is 0.115. The number of cyclic esters (lactones) is 1. The summed E-state index contributed by atoms with van der Waals surface area (Å²) in [5.41, 5.74) is 0.678. The van der Waals surface area contributed by atoms with Gasteiger partial charge in [0.1, 0.15) is 11.5 Å². The van der Waals surface area contributed by atoms with Crippen LogP contribution in [-0.2, 0) is 4.74 Å². The maximum absolute atomic E-state index is 11.0. The number of hydrogen-bond donors (Lipinski definition) is 2. The Morgan fingerprint density at radius 2 is 2.29 bits per heavy atom. The van der Waals surface area contributed by atoms with E-state index in [0.717, 1.165) is 0 Å². The largest absolute Gasteiger partial charge is 0.507 e. The number of carbonyl (C=O) groups excluding carboxylic acids is 1. The number of phenolic OH excluding ortho intramolecular Hbond substituents is 1. The molecule has 1 aliphatic heterocycles. The van der Waals surface area contributed by atoms with Crippen molar-refractivity contribution in [1.82, 2.24) is 5.32 Å². The van der Waals surface area contributed by atoms with E-state index < -0.39 is 6.09 Å². The minimum Gasteiger partial charge on any atom is -0.507 e. The number of ether oxygens (including phenoxy) is 2. The van der Waals surface area contributed by atoms with Crippen LogP contribution in [0.4, 0.5) is 4.79 Å². The Balaban J connectivity index is 0.00000144. The van der Waals surface area contributed by atoms with Crippen molar-refractivity contribution in [2.75, 3.05) is 13.7 Å². The molecule has 1 heterocycles. The predicted molar refractivity (Wildman–Crippen MR) is 63.7 cm³/mol. The number of alkyl carbamates (subject to hydrolysis) is 1. The minimum absolute atomic E-state index is 0. The molecule has 0 bridgehead atoms. The monoisotopic (exact) mass is 259 g/mol. The fraction of sp³-hybridized carbons (Fsp3) is 0.364. The van der Waals surface area contributed by atoms with Crippen molar-refractivity contribution in [1.29, 1.82) is 0 Å². The molecule has 2 N–H and O–H groups in total. The van der Waals surface area contributed by atoms with Gasteiger partial charge in [-0.05, 0) is 12.1 Å². The lowest BCUT2D eigenvalue weighted by Crippen LogP contribution is -2.35. The van der Waals surface area contributed by atoms with E-state index in [1.54, 1.807) is 12.1 Å². The molecule has 0 saturated carbocycles. The lowest BCUT2D eigenvalue weighted by Gasteiger charge is -2.24. The first-order chi connectivity index (χ1) is 7.70. The highest BCUT2D eigenvalue weighted by Crippen LogP contribution is 2.31. The number of carbonyl (C=O) groups is 1. The summed E-state index contributed by atoms with van der Waals surface area (Å²) in [5.74, 6) is 0.700. The average molecular weight is 260 g/mol. The van der Waals surface area contributed by atoms with Crippen molar-refractivity contribution in [3.63, 3.8) is 0 Å². The van der Waals surface area contributed by atoms with Gasteiger partial charge in [-0.1, -0.05) is 0 Å². The van der Waals surface area contributed by atoms with E-state index in [9.17, 15) is 9.90 Å². The average Bonchev–Trinajstić information content (AvgIpc) is 2.28. The number of benzene rings is 1. The maximum atomic E-state index is 11.0. The molecule has 0 aliphatic carbocycles. The molecule has 17 heavy (non-hydrogen) atoms. The van der Waals surface area contributed by atoms with Crippen LogP contribution in [0.15, 0.2) is 18.2 Å². The van der Waals surface area contributed by atoms with Crippen LogP contribution in [0.2, 0.25) is 0 Å². The molecule has 1 aromatic carbocycles. The Kier molecular flexibility index (Phi) is 4.45. The molecule has 0 radical (unpaired) electrons. The maximum Gasteiger partial charge on any atom is 0.407 e. The Hall–Kier alpha value is -1.62. The number of methoxy groups -OCH3 is 1. The van der Waals surface area contributed by atoms with Gasteiger partial charge in [0.15, 0.2) is 0 Å². The van der Waals surface area contributed by atoms with E-state index in [4.69, 9.17) is 9.47 Å². The number of hydrogen-bond acceptors (Lipinski definition) is 4. The number of phenols is 1. The summed E-state index contributed by atoms with van der Waals surface area (Å²) in [4.78, 5) is 11.0. The zero-order valence-electron chi connectivity index (χ0n) is 9.30. The Labute approximate surface area is 105 Å². The topological polar surface area (TPSA) is 67.8 Å². The van der Waals surface area contributed by atoms with E-state index in [0.29, 0.717) is 24.3 Å². The molecule has 0 unspecified atom stereocenters. The fourth-order valence-corrected chi connectivity index (χ4v) is 1.70. The van der Waals surface area contributed by atoms with Gasteiger partial charge in [0, 0.05) is 18.1 Å². The third-order valence-electron chi connectivity index (χ3n) is 2.54. The second-order valence-corrected chi connectivity index (χ2v) is 3.55. The van der Waals surface area contributed by atoms with Gasteiger partial charge in [0.2, 0.25) is 0 Å². The van der Waals surface area contributed by atoms with Crippen molar-refractivity contribution >= 4 is 18.5 Å². The van der Waals surface area contributed by atoms with Gasteiger partial charge in [-0.25, -0.2) is 4.79 Å². The molecule has 1 saturated heterocycles. The van der Waals surface area contributed by atoms with Crippen LogP contribution in [0.25, 0.3) is 0 Å². The van der Waals surface area contributed by atoms with Gasteiger partial charge in [-0.15, -0.1) is 12.4 Å². The van der Waals surface area contributed by atoms with Gasteiger partial charge in [0.25, 0.3) is 0 Å². The summed E-state index contributed by atoms with van der Waals surface area (Å²) in [6, 6.07) is 4.81. The Morgan fingerprint density at radius 3 is 2.88 bits per heavy atom. The first-order valence-corrected chi connectivity index (χ1v) is 5.01. The van der Waals surface area contributed by atoms with Crippen LogP contribution >= 0.6 is 12.4 Å². The summed E-state index contributed by atoms with van der Waals surface area (Å²) >= 11 is 0. The molecular formula is C11H14ClNO4. The Morgan fingerprint density at radius 1 is 1.53 bits per heavy atom. The number of rotatable bonds is 2. The first kappa shape index (κ1) is 13.4. The molecule has 5 nitrogen and oxygen atoms in total. The highest BCUT2D eigenvalue weighted by molar-refractivity contribution is 5.85. The molecule has 1 atom stereocenters. The van der Waals surface area contributed by atoms with Crippen LogP contribution in [-0.4, -0.2) is 24.9 Å². The van der Waals surface area contributed by atoms with Crippen LogP contribution in [0.3, 0.4) is 0 Å². The minimum atomic E-state index is -0.452. The van der Waals surface area contributed by atoms with Crippen LogP contribution in [0.5, 0.6) is 11.5 Å². The molecule has 0 spiro atoms. The molecule has 1 amide bonds. The second-order valence-electron chi connectivity index (χ2n) is 3.55. The van der Waals surface area contributed by atoms with E-state index >= 15 is 0 Å². The van der Waals surface area contributed by atoms with Gasteiger partial charge in [-0.3, -0.25) is 0 Å². The lowest BCUT2D eigenvalue weighted by atomic mass is 10.0. The Bertz CT molecular complexity index is 410. The fourth-order valence-electron chi connectivity index (χ4n) is 1.70. The van der Waals surface area contributed by atoms with E-state index in [2.05, 4.69) is 5.32 Å². The third-order valence-corrected chi connectivity index (χ3v) is 2.54. The summed E-state index contributed by atoms with van der Waals surface area (Å²) in [6.45, 7) is 0.363. The highest BCUT2D eigenvalue weighted by Gasteiger charge is 2.23. The molecule has 0 aromatic heterocycles. The number of nitrogens with one attached hydrogen (secondary N) is 1. The summed E-state index contributed by atoms with van der Waals surface area (Å²) in [5, 5.41) is 12.4. The quantitative estimate of drug-likeness (QED) is 0.852. The van der Waals surface area contributed by atoms with Crippen LogP contribution in [0, 0.1) is 0 Å². The molecule has 94 valence electrons.